The Bertz CT molecular complexity index is 597. The molecule has 16 heavy (non-hydrogen) atoms. The average molecular weight is 251 g/mol. The van der Waals surface area contributed by atoms with E-state index in [0.29, 0.717) is 20.5 Å². The Morgan fingerprint density at radius 3 is 2.25 bits per heavy atom. The predicted octanol–water partition coefficient (Wildman–Crippen LogP) is 3.42. The van der Waals surface area contributed by atoms with Gasteiger partial charge in [-0.15, -0.1) is 22.7 Å². The van der Waals surface area contributed by atoms with E-state index in [2.05, 4.69) is 0 Å². The zero-order valence-corrected chi connectivity index (χ0v) is 10.1. The van der Waals surface area contributed by atoms with E-state index < -0.39 is 0 Å². The van der Waals surface area contributed by atoms with Crippen LogP contribution in [0.1, 0.15) is 4.88 Å². The highest BCUT2D eigenvalue weighted by Gasteiger charge is 2.17. The molecule has 0 aliphatic carbocycles. The second-order valence-corrected chi connectivity index (χ2v) is 6.03. The first-order valence-corrected chi connectivity index (χ1v) is 6.34. The summed E-state index contributed by atoms with van der Waals surface area (Å²) < 4.78 is 1.38. The van der Waals surface area contributed by atoms with Crippen LogP contribution in [0.3, 0.4) is 0 Å². The average Bonchev–Trinajstić information content (AvgIpc) is 2.78. The highest BCUT2D eigenvalue weighted by atomic mass is 32.1. The summed E-state index contributed by atoms with van der Waals surface area (Å²) in [7, 11) is 0. The SMILES string of the molecule is Cc1cc2c(O)c3sc(N)cc3c(O)c2s1. The van der Waals surface area contributed by atoms with Crippen molar-refractivity contribution in [3.05, 3.63) is 17.0 Å². The molecule has 0 aliphatic heterocycles. The number of phenolic OH excluding ortho intramolecular Hbond substituents is 2. The van der Waals surface area contributed by atoms with Crippen LogP contribution < -0.4 is 5.73 Å². The van der Waals surface area contributed by atoms with Crippen LogP contribution in [0.5, 0.6) is 11.5 Å². The van der Waals surface area contributed by atoms with Gasteiger partial charge in [-0.25, -0.2) is 0 Å². The van der Waals surface area contributed by atoms with Crippen LogP contribution in [0.15, 0.2) is 12.1 Å². The first kappa shape index (κ1) is 9.74. The number of nitrogen functional groups attached to an aromatic ring is 1. The van der Waals surface area contributed by atoms with E-state index in [4.69, 9.17) is 5.73 Å². The van der Waals surface area contributed by atoms with Crippen LogP contribution in [0, 0.1) is 6.92 Å². The van der Waals surface area contributed by atoms with Gasteiger partial charge in [0.1, 0.15) is 11.5 Å². The van der Waals surface area contributed by atoms with E-state index in [1.54, 1.807) is 6.07 Å². The molecule has 0 amide bonds. The summed E-state index contributed by atoms with van der Waals surface area (Å²) in [6.45, 7) is 1.95. The van der Waals surface area contributed by atoms with Gasteiger partial charge in [-0.1, -0.05) is 0 Å². The van der Waals surface area contributed by atoms with Crippen LogP contribution in [0.4, 0.5) is 5.00 Å². The number of hydrogen-bond acceptors (Lipinski definition) is 5. The molecule has 0 radical (unpaired) electrons. The Hall–Kier alpha value is -1.46. The van der Waals surface area contributed by atoms with Crippen molar-refractivity contribution in [2.24, 2.45) is 0 Å². The lowest BCUT2D eigenvalue weighted by molar-refractivity contribution is 0.480. The van der Waals surface area contributed by atoms with Gasteiger partial charge in [0.15, 0.2) is 0 Å². The number of anilines is 1. The summed E-state index contributed by atoms with van der Waals surface area (Å²) >= 11 is 2.76. The Kier molecular flexibility index (Phi) is 1.84. The summed E-state index contributed by atoms with van der Waals surface area (Å²) in [5, 5.41) is 22.2. The molecule has 3 nitrogen and oxygen atoms in total. The summed E-state index contributed by atoms with van der Waals surface area (Å²) in [6.07, 6.45) is 0. The Morgan fingerprint density at radius 2 is 1.56 bits per heavy atom. The summed E-state index contributed by atoms with van der Waals surface area (Å²) in [5.74, 6) is 0.433. The summed E-state index contributed by atoms with van der Waals surface area (Å²) in [6, 6.07) is 3.58. The predicted molar refractivity (Wildman–Crippen MR) is 69.7 cm³/mol. The molecule has 1 aromatic carbocycles. The molecule has 82 valence electrons. The lowest BCUT2D eigenvalue weighted by Crippen LogP contribution is -1.73. The first-order chi connectivity index (χ1) is 7.58. The minimum Gasteiger partial charge on any atom is -0.506 e. The number of benzene rings is 1. The molecule has 2 aromatic heterocycles. The van der Waals surface area contributed by atoms with E-state index in [1.165, 1.54) is 22.7 Å². The number of aromatic hydroxyl groups is 2. The number of nitrogens with two attached hydrogens (primary N) is 1. The van der Waals surface area contributed by atoms with Gasteiger partial charge < -0.3 is 15.9 Å². The molecule has 5 heteroatoms. The normalized spacial score (nSPS) is 11.6. The van der Waals surface area contributed by atoms with Crippen LogP contribution in [0.25, 0.3) is 20.2 Å². The second-order valence-electron chi connectivity index (χ2n) is 3.69. The molecule has 3 aromatic rings. The molecule has 3 rings (SSSR count). The molecule has 4 N–H and O–H groups in total. The molecule has 0 fully saturated rings. The van der Waals surface area contributed by atoms with Crippen LogP contribution in [-0.2, 0) is 0 Å². The fraction of sp³-hybridized carbons (Fsp3) is 0.0909. The molecule has 0 saturated heterocycles. The molecule has 0 aliphatic rings. The third-order valence-electron chi connectivity index (χ3n) is 2.55. The molecule has 0 atom stereocenters. The summed E-state index contributed by atoms with van der Waals surface area (Å²) in [4.78, 5) is 1.06. The van der Waals surface area contributed by atoms with Crippen molar-refractivity contribution in [1.29, 1.82) is 0 Å². The van der Waals surface area contributed by atoms with Gasteiger partial charge in [-0.3, -0.25) is 0 Å². The highest BCUT2D eigenvalue weighted by molar-refractivity contribution is 7.24. The Balaban J connectivity index is 2.63. The fourth-order valence-corrected chi connectivity index (χ4v) is 3.73. The van der Waals surface area contributed by atoms with E-state index in [9.17, 15) is 10.2 Å². The zero-order chi connectivity index (χ0) is 11.4. The third-order valence-corrected chi connectivity index (χ3v) is 4.57. The quantitative estimate of drug-likeness (QED) is 0.536. The number of aryl methyl sites for hydroxylation is 1. The van der Waals surface area contributed by atoms with Gasteiger partial charge >= 0.3 is 0 Å². The first-order valence-electron chi connectivity index (χ1n) is 4.71. The van der Waals surface area contributed by atoms with Gasteiger partial charge in [-0.05, 0) is 19.1 Å². The number of hydrogen-bond donors (Lipinski definition) is 3. The second kappa shape index (κ2) is 3.02. The molecular weight excluding hydrogens is 242 g/mol. The Labute approximate surface area is 99.4 Å². The molecule has 0 spiro atoms. The van der Waals surface area contributed by atoms with Gasteiger partial charge in [0, 0.05) is 15.6 Å². The Morgan fingerprint density at radius 1 is 1.00 bits per heavy atom. The van der Waals surface area contributed by atoms with E-state index in [1.807, 2.05) is 13.0 Å². The highest BCUT2D eigenvalue weighted by Crippen LogP contribution is 2.48. The topological polar surface area (TPSA) is 66.5 Å². The minimum absolute atomic E-state index is 0.217. The minimum atomic E-state index is 0.217. The molecular formula is C11H9NO2S2. The van der Waals surface area contributed by atoms with Gasteiger partial charge in [0.25, 0.3) is 0 Å². The fourth-order valence-electron chi connectivity index (χ4n) is 1.87. The monoisotopic (exact) mass is 251 g/mol. The number of rotatable bonds is 0. The maximum absolute atomic E-state index is 10.1. The van der Waals surface area contributed by atoms with Crippen molar-refractivity contribution < 1.29 is 10.2 Å². The number of phenols is 2. The molecule has 0 bridgehead atoms. The van der Waals surface area contributed by atoms with Crippen molar-refractivity contribution in [2.45, 2.75) is 6.92 Å². The number of thiophene rings is 2. The molecule has 2 heterocycles. The maximum Gasteiger partial charge on any atom is 0.142 e. The van der Waals surface area contributed by atoms with E-state index in [-0.39, 0.29) is 11.5 Å². The van der Waals surface area contributed by atoms with Crippen LogP contribution in [-0.4, -0.2) is 10.2 Å². The lowest BCUT2D eigenvalue weighted by Gasteiger charge is -2.00. The molecule has 0 saturated carbocycles. The van der Waals surface area contributed by atoms with Crippen molar-refractivity contribution >= 4 is 47.8 Å². The van der Waals surface area contributed by atoms with Gasteiger partial charge in [-0.2, -0.15) is 0 Å². The third kappa shape index (κ3) is 1.12. The summed E-state index contributed by atoms with van der Waals surface area (Å²) in [5.41, 5.74) is 5.69. The van der Waals surface area contributed by atoms with Crippen molar-refractivity contribution in [1.82, 2.24) is 0 Å². The number of fused-ring (bicyclic) bond motifs is 2. The van der Waals surface area contributed by atoms with Crippen LogP contribution in [0.2, 0.25) is 0 Å². The lowest BCUT2D eigenvalue weighted by atomic mass is 10.1. The standard InChI is InChI=1S/C11H9NO2S2/c1-4-2-5-8(13)11-6(3-7(12)16-11)9(14)10(5)15-4/h2-3,13-14H,12H2,1H3. The van der Waals surface area contributed by atoms with Gasteiger partial charge in [0.2, 0.25) is 0 Å². The van der Waals surface area contributed by atoms with Crippen molar-refractivity contribution in [3.63, 3.8) is 0 Å². The van der Waals surface area contributed by atoms with Crippen molar-refractivity contribution in [2.75, 3.05) is 5.73 Å². The molecule has 0 unspecified atom stereocenters. The zero-order valence-electron chi connectivity index (χ0n) is 8.44. The van der Waals surface area contributed by atoms with E-state index in [0.717, 1.165) is 9.58 Å². The largest absolute Gasteiger partial charge is 0.506 e. The maximum atomic E-state index is 10.1. The van der Waals surface area contributed by atoms with E-state index >= 15 is 0 Å². The van der Waals surface area contributed by atoms with Crippen LogP contribution >= 0.6 is 22.7 Å². The van der Waals surface area contributed by atoms with Gasteiger partial charge in [0.05, 0.1) is 14.4 Å². The van der Waals surface area contributed by atoms with Crippen molar-refractivity contribution in [3.8, 4) is 11.5 Å². The smallest absolute Gasteiger partial charge is 0.142 e.